The van der Waals surface area contributed by atoms with Gasteiger partial charge < -0.3 is 31.7 Å². The summed E-state index contributed by atoms with van der Waals surface area (Å²) in [6.45, 7) is 5.37. The Morgan fingerprint density at radius 3 is 2.69 bits per heavy atom. The van der Waals surface area contributed by atoms with Crippen LogP contribution >= 0.6 is 0 Å². The fourth-order valence-corrected chi connectivity index (χ4v) is 3.50. The van der Waals surface area contributed by atoms with Crippen molar-refractivity contribution in [1.29, 1.82) is 0 Å². The Labute approximate surface area is 205 Å². The van der Waals surface area contributed by atoms with Gasteiger partial charge in [0, 0.05) is 30.5 Å². The first-order valence-corrected chi connectivity index (χ1v) is 11.8. The lowest BCUT2D eigenvalue weighted by Crippen LogP contribution is -2.40. The van der Waals surface area contributed by atoms with Gasteiger partial charge in [0.05, 0.1) is 18.3 Å². The first-order valence-electron chi connectivity index (χ1n) is 11.8. The van der Waals surface area contributed by atoms with E-state index in [4.69, 9.17) is 10.5 Å². The highest BCUT2D eigenvalue weighted by Gasteiger charge is 2.20. The largest absolute Gasteiger partial charge is 0.381 e. The molecular formula is C25H33N7O3. The number of amides is 2. The van der Waals surface area contributed by atoms with Crippen molar-refractivity contribution in [3.05, 3.63) is 41.2 Å². The lowest BCUT2D eigenvalue weighted by atomic mass is 10.1. The maximum absolute atomic E-state index is 12.1. The van der Waals surface area contributed by atoms with Crippen LogP contribution in [0.3, 0.4) is 0 Å². The van der Waals surface area contributed by atoms with Crippen LogP contribution in [0.5, 0.6) is 0 Å². The van der Waals surface area contributed by atoms with Crippen LogP contribution in [0.2, 0.25) is 0 Å². The number of likely N-dealkylation sites (N-methyl/N-ethyl adjacent to an activating group) is 1. The molecule has 0 unspecified atom stereocenters. The van der Waals surface area contributed by atoms with Crippen molar-refractivity contribution in [1.82, 2.24) is 20.6 Å². The first kappa shape index (κ1) is 25.9. The van der Waals surface area contributed by atoms with E-state index < -0.39 is 5.91 Å². The van der Waals surface area contributed by atoms with Crippen LogP contribution in [-0.4, -0.2) is 60.7 Å². The lowest BCUT2D eigenvalue weighted by molar-refractivity contribution is -0.122. The summed E-state index contributed by atoms with van der Waals surface area (Å²) in [4.78, 5) is 33.1. The fraction of sp³-hybridized carbons (Fsp3) is 0.440. The third kappa shape index (κ3) is 7.40. The molecule has 0 aliphatic carbocycles. The van der Waals surface area contributed by atoms with Gasteiger partial charge in [-0.3, -0.25) is 9.59 Å². The second-order valence-corrected chi connectivity index (χ2v) is 8.20. The average Bonchev–Trinajstić information content (AvgIpc) is 2.86. The molecule has 2 heterocycles. The second kappa shape index (κ2) is 12.7. The van der Waals surface area contributed by atoms with Gasteiger partial charge in [-0.1, -0.05) is 24.8 Å². The molecule has 2 aromatic rings. The van der Waals surface area contributed by atoms with Crippen LogP contribution in [0.4, 0.5) is 17.3 Å². The summed E-state index contributed by atoms with van der Waals surface area (Å²) in [6.07, 6.45) is 2.36. The average molecular weight is 480 g/mol. The highest BCUT2D eigenvalue weighted by molar-refractivity contribution is 5.96. The molecule has 1 saturated heterocycles. The number of rotatable bonds is 9. The van der Waals surface area contributed by atoms with Gasteiger partial charge in [0.2, 0.25) is 5.91 Å². The molecular weight excluding hydrogens is 446 g/mol. The number of hydrogen-bond acceptors (Lipinski definition) is 8. The fourth-order valence-electron chi connectivity index (χ4n) is 3.50. The Kier molecular flexibility index (Phi) is 9.40. The highest BCUT2D eigenvalue weighted by Crippen LogP contribution is 2.24. The number of primary amides is 1. The number of nitrogens with two attached hydrogens (primary N) is 1. The van der Waals surface area contributed by atoms with Crippen LogP contribution in [0.25, 0.3) is 0 Å². The van der Waals surface area contributed by atoms with Gasteiger partial charge in [-0.15, -0.1) is 0 Å². The van der Waals surface area contributed by atoms with E-state index in [0.717, 1.165) is 18.4 Å². The SMILES string of the molecule is CCc1nc(C(N)=O)c(Nc2cccc(C#CCNC(=O)[C@H](C)NC)c2)nc1NC1CCOCC1. The Balaban J connectivity index is 1.78. The molecule has 0 bridgehead atoms. The summed E-state index contributed by atoms with van der Waals surface area (Å²) in [5, 5.41) is 12.3. The van der Waals surface area contributed by atoms with Crippen molar-refractivity contribution in [3.8, 4) is 11.8 Å². The van der Waals surface area contributed by atoms with E-state index in [1.807, 2.05) is 31.2 Å². The molecule has 0 radical (unpaired) electrons. The summed E-state index contributed by atoms with van der Waals surface area (Å²) < 4.78 is 5.44. The molecule has 0 spiro atoms. The third-order valence-corrected chi connectivity index (χ3v) is 5.63. The van der Waals surface area contributed by atoms with E-state index in [1.54, 1.807) is 14.0 Å². The Morgan fingerprint density at radius 1 is 1.23 bits per heavy atom. The number of benzene rings is 1. The number of anilines is 3. The van der Waals surface area contributed by atoms with Gasteiger partial charge >= 0.3 is 0 Å². The normalized spacial score (nSPS) is 14.4. The zero-order valence-corrected chi connectivity index (χ0v) is 20.4. The summed E-state index contributed by atoms with van der Waals surface area (Å²) in [5.41, 5.74) is 7.80. The number of carbonyl (C=O) groups excluding carboxylic acids is 2. The molecule has 10 heteroatoms. The summed E-state index contributed by atoms with van der Waals surface area (Å²) in [7, 11) is 1.72. The number of nitrogens with one attached hydrogen (secondary N) is 4. The Bertz CT molecular complexity index is 1100. The summed E-state index contributed by atoms with van der Waals surface area (Å²) >= 11 is 0. The van der Waals surface area contributed by atoms with E-state index >= 15 is 0 Å². The highest BCUT2D eigenvalue weighted by atomic mass is 16.5. The maximum Gasteiger partial charge on any atom is 0.271 e. The number of aromatic nitrogens is 2. The zero-order valence-electron chi connectivity index (χ0n) is 20.4. The quantitative estimate of drug-likeness (QED) is 0.341. The number of aryl methyl sites for hydroxylation is 1. The third-order valence-electron chi connectivity index (χ3n) is 5.63. The van der Waals surface area contributed by atoms with Crippen molar-refractivity contribution < 1.29 is 14.3 Å². The second-order valence-electron chi connectivity index (χ2n) is 8.20. The molecule has 1 aromatic carbocycles. The predicted octanol–water partition coefficient (Wildman–Crippen LogP) is 1.55. The minimum Gasteiger partial charge on any atom is -0.381 e. The molecule has 1 aromatic heterocycles. The van der Waals surface area contributed by atoms with Gasteiger partial charge in [-0.2, -0.15) is 0 Å². The van der Waals surface area contributed by atoms with E-state index in [-0.39, 0.29) is 36.0 Å². The molecule has 0 saturated carbocycles. The molecule has 2 amide bonds. The van der Waals surface area contributed by atoms with Crippen LogP contribution in [-0.2, 0) is 16.0 Å². The van der Waals surface area contributed by atoms with Gasteiger partial charge in [0.25, 0.3) is 5.91 Å². The van der Waals surface area contributed by atoms with Crippen molar-refractivity contribution in [2.45, 2.75) is 45.2 Å². The van der Waals surface area contributed by atoms with E-state index in [2.05, 4.69) is 43.1 Å². The molecule has 35 heavy (non-hydrogen) atoms. The molecule has 3 rings (SSSR count). The maximum atomic E-state index is 12.1. The molecule has 1 aliphatic rings. The molecule has 6 N–H and O–H groups in total. The van der Waals surface area contributed by atoms with E-state index in [1.165, 1.54) is 0 Å². The van der Waals surface area contributed by atoms with Crippen molar-refractivity contribution in [3.63, 3.8) is 0 Å². The topological polar surface area (TPSA) is 143 Å². The standard InChI is InChI=1S/C25H33N7O3/c1-4-20-23(29-18-10-13-35-14-11-18)32-24(21(31-20)22(26)33)30-19-9-5-7-17(15-19)8-6-12-28-25(34)16(2)27-3/h5,7,9,15-16,18,27H,4,10-14H2,1-3H3,(H2,26,33)(H,28,34)(H2,29,30,32)/t16-/m0/s1. The Hall–Kier alpha value is -3.68. The molecule has 1 aliphatic heterocycles. The number of carbonyl (C=O) groups is 2. The number of ether oxygens (including phenoxy) is 1. The van der Waals surface area contributed by atoms with Crippen LogP contribution in [0.1, 0.15) is 48.4 Å². The molecule has 186 valence electrons. The van der Waals surface area contributed by atoms with Crippen molar-refractivity contribution in [2.24, 2.45) is 5.73 Å². The first-order chi connectivity index (χ1) is 16.9. The van der Waals surface area contributed by atoms with Gasteiger partial charge in [-0.25, -0.2) is 9.97 Å². The van der Waals surface area contributed by atoms with Gasteiger partial charge in [0.1, 0.15) is 0 Å². The van der Waals surface area contributed by atoms with E-state index in [9.17, 15) is 9.59 Å². The smallest absolute Gasteiger partial charge is 0.271 e. The van der Waals surface area contributed by atoms with Gasteiger partial charge in [0.15, 0.2) is 17.3 Å². The number of nitrogens with zero attached hydrogens (tertiary/aromatic N) is 2. The number of hydrogen-bond donors (Lipinski definition) is 5. The summed E-state index contributed by atoms with van der Waals surface area (Å²) in [6, 6.07) is 7.31. The Morgan fingerprint density at radius 2 is 2.00 bits per heavy atom. The zero-order chi connectivity index (χ0) is 25.2. The predicted molar refractivity (Wildman–Crippen MR) is 136 cm³/mol. The van der Waals surface area contributed by atoms with E-state index in [0.29, 0.717) is 36.8 Å². The molecule has 10 nitrogen and oxygen atoms in total. The van der Waals surface area contributed by atoms with Crippen LogP contribution < -0.4 is 27.0 Å². The lowest BCUT2D eigenvalue weighted by Gasteiger charge is -2.25. The molecule has 1 atom stereocenters. The summed E-state index contributed by atoms with van der Waals surface area (Å²) in [5.74, 6) is 6.11. The minimum atomic E-state index is -0.658. The van der Waals surface area contributed by atoms with Gasteiger partial charge in [-0.05, 0) is 51.4 Å². The monoisotopic (exact) mass is 479 g/mol. The molecule has 1 fully saturated rings. The van der Waals surface area contributed by atoms with Crippen molar-refractivity contribution >= 4 is 29.1 Å². The van der Waals surface area contributed by atoms with Crippen LogP contribution in [0, 0.1) is 11.8 Å². The van der Waals surface area contributed by atoms with Crippen molar-refractivity contribution in [2.75, 3.05) is 37.4 Å². The minimum absolute atomic E-state index is 0.0808. The van der Waals surface area contributed by atoms with Crippen LogP contribution in [0.15, 0.2) is 24.3 Å².